The topological polar surface area (TPSA) is 16.1 Å². The zero-order valence-corrected chi connectivity index (χ0v) is 8.93. The van der Waals surface area contributed by atoms with Crippen molar-refractivity contribution in [1.29, 1.82) is 0 Å². The molecule has 0 radical (unpaired) electrons. The minimum absolute atomic E-state index is 0.395. The van der Waals surface area contributed by atoms with Crippen LogP contribution in [0, 0.1) is 5.95 Å². The third-order valence-corrected chi connectivity index (χ3v) is 3.40. The third-order valence-electron chi connectivity index (χ3n) is 2.27. The van der Waals surface area contributed by atoms with Gasteiger partial charge in [-0.1, -0.05) is 13.0 Å². The van der Waals surface area contributed by atoms with Crippen LogP contribution in [-0.2, 0) is 0 Å². The summed E-state index contributed by atoms with van der Waals surface area (Å²) in [6.45, 7) is 4.11. The molecule has 1 aliphatic heterocycles. The van der Waals surface area contributed by atoms with Crippen molar-refractivity contribution in [3.8, 4) is 0 Å². The maximum Gasteiger partial charge on any atom is 0.214 e. The molecule has 1 aromatic rings. The van der Waals surface area contributed by atoms with Crippen molar-refractivity contribution >= 4 is 17.6 Å². The highest BCUT2D eigenvalue weighted by Crippen LogP contribution is 2.22. The molecular weight excluding hydrogens is 199 g/mol. The lowest BCUT2D eigenvalue weighted by molar-refractivity contribution is 0.580. The Labute approximate surface area is 87.5 Å². The van der Waals surface area contributed by atoms with Crippen LogP contribution >= 0.6 is 11.8 Å². The first-order chi connectivity index (χ1) is 6.75. The van der Waals surface area contributed by atoms with Gasteiger partial charge in [-0.3, -0.25) is 0 Å². The van der Waals surface area contributed by atoms with E-state index >= 15 is 0 Å². The van der Waals surface area contributed by atoms with Crippen LogP contribution in [0.15, 0.2) is 18.2 Å². The van der Waals surface area contributed by atoms with Crippen LogP contribution in [-0.4, -0.2) is 29.1 Å². The van der Waals surface area contributed by atoms with E-state index in [1.54, 1.807) is 6.07 Å². The van der Waals surface area contributed by atoms with E-state index in [9.17, 15) is 4.39 Å². The molecule has 0 spiro atoms. The highest BCUT2D eigenvalue weighted by atomic mass is 32.2. The van der Waals surface area contributed by atoms with Gasteiger partial charge in [-0.15, -0.1) is 0 Å². The van der Waals surface area contributed by atoms with Crippen molar-refractivity contribution in [3.63, 3.8) is 0 Å². The summed E-state index contributed by atoms with van der Waals surface area (Å²) in [7, 11) is 0. The van der Waals surface area contributed by atoms with E-state index in [4.69, 9.17) is 0 Å². The third kappa shape index (κ3) is 2.18. The van der Waals surface area contributed by atoms with Crippen molar-refractivity contribution in [2.75, 3.05) is 23.7 Å². The minimum Gasteiger partial charge on any atom is -0.355 e. The second-order valence-corrected chi connectivity index (χ2v) is 4.99. The Balaban J connectivity index is 2.14. The van der Waals surface area contributed by atoms with Gasteiger partial charge >= 0.3 is 0 Å². The van der Waals surface area contributed by atoms with Crippen LogP contribution in [0.4, 0.5) is 10.2 Å². The number of hydrogen-bond donors (Lipinski definition) is 0. The number of thioether (sulfide) groups is 1. The van der Waals surface area contributed by atoms with E-state index in [1.165, 1.54) is 6.07 Å². The van der Waals surface area contributed by atoms with Crippen LogP contribution in [0.2, 0.25) is 0 Å². The molecule has 0 bridgehead atoms. The smallest absolute Gasteiger partial charge is 0.214 e. The zero-order valence-electron chi connectivity index (χ0n) is 8.11. The number of hydrogen-bond acceptors (Lipinski definition) is 3. The lowest BCUT2D eigenvalue weighted by Crippen LogP contribution is -2.37. The standard InChI is InChI=1S/C10H13FN2S/c1-8-7-13(5-6-14-8)10-4-2-3-9(11)12-10/h2-4,8H,5-7H2,1H3. The predicted octanol–water partition coefficient (Wildman–Crippen LogP) is 2.16. The lowest BCUT2D eigenvalue weighted by Gasteiger charge is -2.31. The van der Waals surface area contributed by atoms with Crippen molar-refractivity contribution in [1.82, 2.24) is 4.98 Å². The summed E-state index contributed by atoms with van der Waals surface area (Å²) >= 11 is 1.96. The van der Waals surface area contributed by atoms with Crippen LogP contribution in [0.1, 0.15) is 6.92 Å². The maximum absolute atomic E-state index is 12.9. The van der Waals surface area contributed by atoms with Gasteiger partial charge in [0, 0.05) is 24.1 Å². The Hall–Kier alpha value is -0.770. The van der Waals surface area contributed by atoms with Gasteiger partial charge in [0.25, 0.3) is 0 Å². The number of nitrogens with zero attached hydrogens (tertiary/aromatic N) is 2. The first-order valence-electron chi connectivity index (χ1n) is 4.75. The molecule has 1 saturated heterocycles. The summed E-state index contributed by atoms with van der Waals surface area (Å²) < 4.78 is 12.9. The molecule has 1 aromatic heterocycles. The normalized spacial score (nSPS) is 22.4. The molecule has 0 aliphatic carbocycles. The molecule has 2 rings (SSSR count). The van der Waals surface area contributed by atoms with E-state index in [0.717, 1.165) is 24.7 Å². The molecule has 14 heavy (non-hydrogen) atoms. The molecule has 4 heteroatoms. The molecule has 0 saturated carbocycles. The highest BCUT2D eigenvalue weighted by molar-refractivity contribution is 8.00. The number of rotatable bonds is 1. The van der Waals surface area contributed by atoms with E-state index in [2.05, 4.69) is 16.8 Å². The van der Waals surface area contributed by atoms with Gasteiger partial charge < -0.3 is 4.90 Å². The van der Waals surface area contributed by atoms with Crippen molar-refractivity contribution in [2.24, 2.45) is 0 Å². The Bertz CT molecular complexity index is 319. The molecule has 76 valence electrons. The Morgan fingerprint density at radius 2 is 2.43 bits per heavy atom. The van der Waals surface area contributed by atoms with Crippen LogP contribution in [0.5, 0.6) is 0 Å². The van der Waals surface area contributed by atoms with Gasteiger partial charge in [0.1, 0.15) is 5.82 Å². The van der Waals surface area contributed by atoms with Crippen molar-refractivity contribution in [3.05, 3.63) is 24.1 Å². The average Bonchev–Trinajstić information content (AvgIpc) is 2.18. The number of halogens is 1. The molecule has 0 amide bonds. The highest BCUT2D eigenvalue weighted by Gasteiger charge is 2.17. The Morgan fingerprint density at radius 3 is 3.14 bits per heavy atom. The lowest BCUT2D eigenvalue weighted by atomic mass is 10.3. The largest absolute Gasteiger partial charge is 0.355 e. The first kappa shape index (κ1) is 9.77. The predicted molar refractivity (Wildman–Crippen MR) is 58.3 cm³/mol. The van der Waals surface area contributed by atoms with Gasteiger partial charge in [-0.25, -0.2) is 4.98 Å². The zero-order chi connectivity index (χ0) is 9.97. The summed E-state index contributed by atoms with van der Waals surface area (Å²) in [6, 6.07) is 4.96. The van der Waals surface area contributed by atoms with Crippen molar-refractivity contribution in [2.45, 2.75) is 12.2 Å². The van der Waals surface area contributed by atoms with E-state index in [1.807, 2.05) is 17.8 Å². The quantitative estimate of drug-likeness (QED) is 0.664. The van der Waals surface area contributed by atoms with Crippen molar-refractivity contribution < 1.29 is 4.39 Å². The molecule has 1 fully saturated rings. The van der Waals surface area contributed by atoms with Gasteiger partial charge in [-0.2, -0.15) is 16.2 Å². The summed E-state index contributed by atoms with van der Waals surface area (Å²) in [6.07, 6.45) is 0. The molecule has 1 aliphatic rings. The van der Waals surface area contributed by atoms with Crippen LogP contribution in [0.3, 0.4) is 0 Å². The fraction of sp³-hybridized carbons (Fsp3) is 0.500. The molecule has 2 heterocycles. The van der Waals surface area contributed by atoms with E-state index < -0.39 is 5.95 Å². The second-order valence-electron chi connectivity index (χ2n) is 3.45. The fourth-order valence-corrected chi connectivity index (χ4v) is 2.61. The van der Waals surface area contributed by atoms with Gasteiger partial charge in [0.05, 0.1) is 0 Å². The monoisotopic (exact) mass is 212 g/mol. The van der Waals surface area contributed by atoms with E-state index in [-0.39, 0.29) is 0 Å². The van der Waals surface area contributed by atoms with Crippen LogP contribution in [0.25, 0.3) is 0 Å². The summed E-state index contributed by atoms with van der Waals surface area (Å²) in [4.78, 5) is 6.02. The number of pyridine rings is 1. The number of anilines is 1. The summed E-state index contributed by atoms with van der Waals surface area (Å²) in [5, 5.41) is 0.605. The Kier molecular flexibility index (Phi) is 2.91. The second kappa shape index (κ2) is 4.17. The fourth-order valence-electron chi connectivity index (χ4n) is 1.60. The first-order valence-corrected chi connectivity index (χ1v) is 5.80. The van der Waals surface area contributed by atoms with Gasteiger partial charge in [0.2, 0.25) is 5.95 Å². The average molecular weight is 212 g/mol. The SMILES string of the molecule is CC1CN(c2cccc(F)n2)CCS1. The molecular formula is C10H13FN2S. The molecule has 0 N–H and O–H groups in total. The molecule has 1 atom stereocenters. The van der Waals surface area contributed by atoms with Gasteiger partial charge in [0.15, 0.2) is 0 Å². The summed E-state index contributed by atoms with van der Waals surface area (Å²) in [5.74, 6) is 1.46. The van der Waals surface area contributed by atoms with Crippen LogP contribution < -0.4 is 4.90 Å². The van der Waals surface area contributed by atoms with E-state index in [0.29, 0.717) is 5.25 Å². The molecule has 0 aromatic carbocycles. The number of aromatic nitrogens is 1. The minimum atomic E-state index is -0.395. The van der Waals surface area contributed by atoms with Gasteiger partial charge in [-0.05, 0) is 12.1 Å². The Morgan fingerprint density at radius 1 is 1.57 bits per heavy atom. The maximum atomic E-state index is 12.9. The summed E-state index contributed by atoms with van der Waals surface area (Å²) in [5.41, 5.74) is 0. The molecule has 1 unspecified atom stereocenters. The molecule has 2 nitrogen and oxygen atoms in total.